The van der Waals surface area contributed by atoms with Crippen LogP contribution in [-0.4, -0.2) is 47.9 Å². The third kappa shape index (κ3) is 5.40. The average molecular weight is 493 g/mol. The lowest BCUT2D eigenvalue weighted by atomic mass is 10.00. The number of benzene rings is 2. The van der Waals surface area contributed by atoms with E-state index in [0.29, 0.717) is 24.6 Å². The van der Waals surface area contributed by atoms with Gasteiger partial charge in [-0.2, -0.15) is 0 Å². The molecule has 0 spiro atoms. The van der Waals surface area contributed by atoms with E-state index in [-0.39, 0.29) is 36.8 Å². The second kappa shape index (κ2) is 10.2. The molecule has 0 radical (unpaired) electrons. The van der Waals surface area contributed by atoms with Crippen LogP contribution in [0, 0.1) is 18.7 Å². The fourth-order valence-electron chi connectivity index (χ4n) is 4.57. The highest BCUT2D eigenvalue weighted by Gasteiger charge is 2.35. The molecule has 5 rings (SSSR count). The monoisotopic (exact) mass is 492 g/mol. The summed E-state index contributed by atoms with van der Waals surface area (Å²) in [4.78, 5) is 31.7. The van der Waals surface area contributed by atoms with E-state index in [1.165, 1.54) is 10.9 Å². The number of rotatable bonds is 8. The zero-order valence-corrected chi connectivity index (χ0v) is 20.6. The highest BCUT2D eigenvalue weighted by Crippen LogP contribution is 2.35. The van der Waals surface area contributed by atoms with E-state index >= 15 is 0 Å². The van der Waals surface area contributed by atoms with E-state index in [4.69, 9.17) is 4.74 Å². The van der Waals surface area contributed by atoms with E-state index in [2.05, 4.69) is 0 Å². The van der Waals surface area contributed by atoms with Gasteiger partial charge in [-0.1, -0.05) is 29.8 Å². The van der Waals surface area contributed by atoms with Gasteiger partial charge in [-0.25, -0.2) is 4.39 Å². The van der Waals surface area contributed by atoms with Gasteiger partial charge in [0.1, 0.15) is 13.2 Å². The highest BCUT2D eigenvalue weighted by molar-refractivity contribution is 7.10. The van der Waals surface area contributed by atoms with Gasteiger partial charge in [0.05, 0.1) is 6.04 Å². The van der Waals surface area contributed by atoms with Gasteiger partial charge in [-0.15, -0.1) is 11.3 Å². The van der Waals surface area contributed by atoms with Crippen molar-refractivity contribution in [2.75, 3.05) is 26.2 Å². The average Bonchev–Trinajstić information content (AvgIpc) is 3.55. The molecule has 0 bridgehead atoms. The van der Waals surface area contributed by atoms with Crippen molar-refractivity contribution in [3.63, 3.8) is 0 Å². The molecule has 7 heteroatoms. The second-order valence-corrected chi connectivity index (χ2v) is 10.4. The van der Waals surface area contributed by atoms with Crippen LogP contribution < -0.4 is 4.74 Å². The van der Waals surface area contributed by atoms with Gasteiger partial charge in [-0.3, -0.25) is 9.59 Å². The summed E-state index contributed by atoms with van der Waals surface area (Å²) in [6.07, 6.45) is 2.95. The summed E-state index contributed by atoms with van der Waals surface area (Å²) in [5, 5.41) is 2.02. The maximum Gasteiger partial charge on any atom is 0.254 e. The maximum absolute atomic E-state index is 14.2. The highest BCUT2D eigenvalue weighted by atomic mass is 32.1. The Morgan fingerprint density at radius 2 is 1.89 bits per heavy atom. The molecule has 2 heterocycles. The molecule has 1 aliphatic heterocycles. The Hall–Kier alpha value is -3.19. The lowest BCUT2D eigenvalue weighted by molar-refractivity contribution is -0.135. The number of hydrogen-bond donors (Lipinski definition) is 0. The van der Waals surface area contributed by atoms with Crippen LogP contribution in [0.2, 0.25) is 0 Å². The molecule has 35 heavy (non-hydrogen) atoms. The Balaban J connectivity index is 1.34. The zero-order valence-electron chi connectivity index (χ0n) is 19.8. The van der Waals surface area contributed by atoms with Crippen LogP contribution in [0.5, 0.6) is 5.75 Å². The number of aryl methyl sites for hydroxylation is 1. The molecular weight excluding hydrogens is 463 g/mol. The smallest absolute Gasteiger partial charge is 0.254 e. The Labute approximate surface area is 209 Å². The standard InChI is InChI=1S/C28H29FN2O3S/c1-19-6-10-21(11-7-19)28(33)30(16-20-8-9-20)17-27(32)31-14-12-26-22(13-15-35-26)24(31)18-34-25-5-3-2-4-23(25)29/h2-7,10-11,13,15,20,24H,8-9,12,14,16-18H2,1H3/t24-/m0/s1. The molecule has 182 valence electrons. The van der Waals surface area contributed by atoms with Gasteiger partial charge in [0.25, 0.3) is 5.91 Å². The predicted molar refractivity (Wildman–Crippen MR) is 134 cm³/mol. The number of fused-ring (bicyclic) bond motifs is 1. The Morgan fingerprint density at radius 3 is 2.63 bits per heavy atom. The van der Waals surface area contributed by atoms with Gasteiger partial charge in [0.2, 0.25) is 5.91 Å². The summed E-state index contributed by atoms with van der Waals surface area (Å²) < 4.78 is 20.0. The molecule has 1 fully saturated rings. The van der Waals surface area contributed by atoms with E-state index in [1.54, 1.807) is 39.3 Å². The normalized spacial score (nSPS) is 17.1. The first-order valence-corrected chi connectivity index (χ1v) is 13.0. The van der Waals surface area contributed by atoms with Gasteiger partial charge in [0, 0.05) is 23.5 Å². The lowest BCUT2D eigenvalue weighted by Gasteiger charge is -2.37. The summed E-state index contributed by atoms with van der Waals surface area (Å²) in [6, 6.07) is 15.5. The molecule has 1 aliphatic carbocycles. The minimum absolute atomic E-state index is 0.0267. The Kier molecular flexibility index (Phi) is 6.86. The van der Waals surface area contributed by atoms with Gasteiger partial charge in [0.15, 0.2) is 11.6 Å². The van der Waals surface area contributed by atoms with Crippen LogP contribution in [0.1, 0.15) is 45.2 Å². The van der Waals surface area contributed by atoms with Crippen molar-refractivity contribution in [1.29, 1.82) is 0 Å². The van der Waals surface area contributed by atoms with E-state index in [9.17, 15) is 14.0 Å². The summed E-state index contributed by atoms with van der Waals surface area (Å²) in [6.45, 7) is 3.31. The van der Waals surface area contributed by atoms with Crippen LogP contribution >= 0.6 is 11.3 Å². The van der Waals surface area contributed by atoms with Crippen molar-refractivity contribution in [1.82, 2.24) is 9.80 Å². The van der Waals surface area contributed by atoms with Crippen molar-refractivity contribution in [2.45, 2.75) is 32.2 Å². The summed E-state index contributed by atoms with van der Waals surface area (Å²) in [5.74, 6) is -0.0110. The first-order chi connectivity index (χ1) is 17.0. The van der Waals surface area contributed by atoms with Crippen molar-refractivity contribution in [3.05, 3.63) is 87.4 Å². The quantitative estimate of drug-likeness (QED) is 0.431. The Morgan fingerprint density at radius 1 is 1.11 bits per heavy atom. The van der Waals surface area contributed by atoms with Crippen LogP contribution in [0.25, 0.3) is 0 Å². The van der Waals surface area contributed by atoms with E-state index in [1.807, 2.05) is 42.6 Å². The first-order valence-electron chi connectivity index (χ1n) is 12.1. The summed E-state index contributed by atoms with van der Waals surface area (Å²) in [5.41, 5.74) is 2.73. The fraction of sp³-hybridized carbons (Fsp3) is 0.357. The van der Waals surface area contributed by atoms with Crippen LogP contribution in [0.3, 0.4) is 0 Å². The SMILES string of the molecule is Cc1ccc(C(=O)N(CC(=O)N2CCc3sccc3[C@@H]2COc2ccccc2F)CC2CC2)cc1. The number of halogens is 1. The van der Waals surface area contributed by atoms with Crippen molar-refractivity contribution >= 4 is 23.2 Å². The molecule has 1 atom stereocenters. The molecule has 0 saturated heterocycles. The van der Waals surface area contributed by atoms with E-state index < -0.39 is 5.82 Å². The van der Waals surface area contributed by atoms with Gasteiger partial charge >= 0.3 is 0 Å². The lowest BCUT2D eigenvalue weighted by Crippen LogP contribution is -2.48. The van der Waals surface area contributed by atoms with Crippen LogP contribution in [-0.2, 0) is 11.2 Å². The van der Waals surface area contributed by atoms with Crippen molar-refractivity contribution < 1.29 is 18.7 Å². The van der Waals surface area contributed by atoms with Crippen LogP contribution in [0.4, 0.5) is 4.39 Å². The summed E-state index contributed by atoms with van der Waals surface area (Å²) in [7, 11) is 0. The molecular formula is C28H29FN2O3S. The van der Waals surface area contributed by atoms with Gasteiger partial charge < -0.3 is 14.5 Å². The van der Waals surface area contributed by atoms with Crippen LogP contribution in [0.15, 0.2) is 60.0 Å². The van der Waals surface area contributed by atoms with Crippen molar-refractivity contribution in [2.24, 2.45) is 5.92 Å². The molecule has 2 aromatic carbocycles. The second-order valence-electron chi connectivity index (χ2n) is 9.39. The van der Waals surface area contributed by atoms with E-state index in [0.717, 1.165) is 30.4 Å². The minimum atomic E-state index is -0.425. The molecule has 2 aliphatic rings. The molecule has 2 amide bonds. The molecule has 1 aromatic heterocycles. The molecule has 5 nitrogen and oxygen atoms in total. The number of nitrogens with zero attached hydrogens (tertiary/aromatic N) is 2. The largest absolute Gasteiger partial charge is 0.488 e. The molecule has 3 aromatic rings. The Bertz CT molecular complexity index is 1200. The third-order valence-corrected chi connectivity index (χ3v) is 7.73. The number of carbonyl (C=O) groups excluding carboxylic acids is 2. The molecule has 0 N–H and O–H groups in total. The van der Waals surface area contributed by atoms with Crippen molar-refractivity contribution in [3.8, 4) is 5.75 Å². The van der Waals surface area contributed by atoms with Gasteiger partial charge in [-0.05, 0) is 73.4 Å². The number of para-hydroxylation sites is 1. The molecule has 1 saturated carbocycles. The first kappa shape index (κ1) is 23.5. The number of carbonyl (C=O) groups is 2. The molecule has 0 unspecified atom stereocenters. The number of hydrogen-bond acceptors (Lipinski definition) is 4. The maximum atomic E-state index is 14.2. The fourth-order valence-corrected chi connectivity index (χ4v) is 5.50. The summed E-state index contributed by atoms with van der Waals surface area (Å²) >= 11 is 1.67. The topological polar surface area (TPSA) is 49.9 Å². The number of ether oxygens (including phenoxy) is 1. The zero-order chi connectivity index (χ0) is 24.4. The predicted octanol–water partition coefficient (Wildman–Crippen LogP) is 5.25. The number of amides is 2. The minimum Gasteiger partial charge on any atom is -0.488 e. The number of thiophene rings is 1. The third-order valence-electron chi connectivity index (χ3n) is 6.74.